The zero-order valence-corrected chi connectivity index (χ0v) is 9.24. The highest BCUT2D eigenvalue weighted by Crippen LogP contribution is 2.36. The third kappa shape index (κ3) is 1.97. The number of benzene rings is 1. The first kappa shape index (κ1) is 10.4. The maximum absolute atomic E-state index is 9.69. The van der Waals surface area contributed by atoms with Gasteiger partial charge in [-0.15, -0.1) is 0 Å². The van der Waals surface area contributed by atoms with E-state index in [4.69, 9.17) is 11.6 Å². The van der Waals surface area contributed by atoms with Crippen molar-refractivity contribution in [2.45, 2.75) is 33.1 Å². The van der Waals surface area contributed by atoms with E-state index in [9.17, 15) is 5.11 Å². The number of hydrogen-bond donors (Lipinski definition) is 1. The molecule has 0 spiro atoms. The van der Waals surface area contributed by atoms with Crippen molar-refractivity contribution in [2.75, 3.05) is 0 Å². The Morgan fingerprint density at radius 1 is 1.23 bits per heavy atom. The summed E-state index contributed by atoms with van der Waals surface area (Å²) in [5.74, 6) is 0.328. The predicted molar refractivity (Wildman–Crippen MR) is 56.6 cm³/mol. The largest absolute Gasteiger partial charge is 0.508 e. The van der Waals surface area contributed by atoms with Crippen molar-refractivity contribution in [2.24, 2.45) is 0 Å². The minimum atomic E-state index is -0.0704. The molecular weight excluding hydrogens is 184 g/mol. The van der Waals surface area contributed by atoms with Gasteiger partial charge >= 0.3 is 0 Å². The maximum atomic E-state index is 9.69. The van der Waals surface area contributed by atoms with Gasteiger partial charge in [0.2, 0.25) is 0 Å². The van der Waals surface area contributed by atoms with Crippen molar-refractivity contribution in [1.29, 1.82) is 0 Å². The molecule has 13 heavy (non-hydrogen) atoms. The van der Waals surface area contributed by atoms with E-state index in [1.54, 1.807) is 12.1 Å². The number of halogens is 1. The molecule has 0 saturated heterocycles. The molecule has 1 N–H and O–H groups in total. The first-order valence-electron chi connectivity index (χ1n) is 4.32. The smallest absolute Gasteiger partial charge is 0.119 e. The van der Waals surface area contributed by atoms with Crippen LogP contribution >= 0.6 is 11.6 Å². The molecule has 0 saturated carbocycles. The standard InChI is InChI=1S/C11H15ClO/c1-7-8(12)5-6-9(13)10(7)11(2,3)4/h5-6,13H,1-4H3. The molecule has 1 aromatic carbocycles. The topological polar surface area (TPSA) is 20.2 Å². The van der Waals surface area contributed by atoms with Crippen LogP contribution < -0.4 is 0 Å². The van der Waals surface area contributed by atoms with Gasteiger partial charge < -0.3 is 5.11 Å². The summed E-state index contributed by atoms with van der Waals surface area (Å²) in [5, 5.41) is 10.4. The van der Waals surface area contributed by atoms with E-state index in [0.717, 1.165) is 11.1 Å². The Labute approximate surface area is 84.4 Å². The summed E-state index contributed by atoms with van der Waals surface area (Å²) in [5.41, 5.74) is 1.83. The fraction of sp³-hybridized carbons (Fsp3) is 0.455. The summed E-state index contributed by atoms with van der Waals surface area (Å²) in [6.45, 7) is 8.12. The third-order valence-electron chi connectivity index (χ3n) is 2.13. The number of aromatic hydroxyl groups is 1. The predicted octanol–water partition coefficient (Wildman–Crippen LogP) is 3.65. The highest BCUT2D eigenvalue weighted by atomic mass is 35.5. The Kier molecular flexibility index (Phi) is 2.58. The molecular formula is C11H15ClO. The van der Waals surface area contributed by atoms with Crippen LogP contribution in [0.25, 0.3) is 0 Å². The lowest BCUT2D eigenvalue weighted by atomic mass is 9.83. The van der Waals surface area contributed by atoms with Crippen LogP contribution in [0.4, 0.5) is 0 Å². The highest BCUT2D eigenvalue weighted by Gasteiger charge is 2.21. The van der Waals surface area contributed by atoms with E-state index < -0.39 is 0 Å². The van der Waals surface area contributed by atoms with Crippen LogP contribution in [-0.2, 0) is 5.41 Å². The van der Waals surface area contributed by atoms with Crippen molar-refractivity contribution < 1.29 is 5.11 Å². The van der Waals surface area contributed by atoms with Crippen molar-refractivity contribution in [1.82, 2.24) is 0 Å². The number of phenolic OH excluding ortho intramolecular Hbond substituents is 1. The molecule has 0 radical (unpaired) electrons. The lowest BCUT2D eigenvalue weighted by Crippen LogP contribution is -2.13. The highest BCUT2D eigenvalue weighted by molar-refractivity contribution is 6.31. The second kappa shape index (κ2) is 3.22. The Bertz CT molecular complexity index is 324. The summed E-state index contributed by atoms with van der Waals surface area (Å²) >= 11 is 5.98. The summed E-state index contributed by atoms with van der Waals surface area (Å²) in [6.07, 6.45) is 0. The van der Waals surface area contributed by atoms with Crippen LogP contribution in [0.15, 0.2) is 12.1 Å². The van der Waals surface area contributed by atoms with Crippen LogP contribution in [-0.4, -0.2) is 5.11 Å². The van der Waals surface area contributed by atoms with Gasteiger partial charge in [0.1, 0.15) is 5.75 Å². The molecule has 0 bridgehead atoms. The van der Waals surface area contributed by atoms with Gasteiger partial charge in [-0.3, -0.25) is 0 Å². The zero-order valence-electron chi connectivity index (χ0n) is 8.48. The van der Waals surface area contributed by atoms with E-state index in [0.29, 0.717) is 10.8 Å². The van der Waals surface area contributed by atoms with Crippen molar-refractivity contribution >= 4 is 11.6 Å². The van der Waals surface area contributed by atoms with Gasteiger partial charge in [-0.25, -0.2) is 0 Å². The molecule has 0 aromatic heterocycles. The van der Waals surface area contributed by atoms with Crippen molar-refractivity contribution in [3.8, 4) is 5.75 Å². The minimum absolute atomic E-state index is 0.0704. The van der Waals surface area contributed by atoms with E-state index in [1.165, 1.54) is 0 Å². The normalized spacial score (nSPS) is 11.8. The molecule has 0 aliphatic heterocycles. The molecule has 72 valence electrons. The van der Waals surface area contributed by atoms with Gasteiger partial charge in [0, 0.05) is 10.6 Å². The summed E-state index contributed by atoms with van der Waals surface area (Å²) in [4.78, 5) is 0. The van der Waals surface area contributed by atoms with Crippen molar-refractivity contribution in [3.63, 3.8) is 0 Å². The quantitative estimate of drug-likeness (QED) is 0.675. The number of hydrogen-bond acceptors (Lipinski definition) is 1. The maximum Gasteiger partial charge on any atom is 0.119 e. The average Bonchev–Trinajstić information content (AvgIpc) is 1.95. The number of phenols is 1. The molecule has 0 heterocycles. The monoisotopic (exact) mass is 198 g/mol. The van der Waals surface area contributed by atoms with Crippen LogP contribution in [0.3, 0.4) is 0 Å². The molecule has 1 aromatic rings. The molecule has 0 atom stereocenters. The van der Waals surface area contributed by atoms with E-state index in [1.807, 2.05) is 6.92 Å². The third-order valence-corrected chi connectivity index (χ3v) is 2.54. The van der Waals surface area contributed by atoms with Gasteiger partial charge in [-0.05, 0) is 30.0 Å². The van der Waals surface area contributed by atoms with Crippen LogP contribution in [0.2, 0.25) is 5.02 Å². The Balaban J connectivity index is 3.43. The fourth-order valence-electron chi connectivity index (χ4n) is 1.62. The van der Waals surface area contributed by atoms with Crippen LogP contribution in [0, 0.1) is 6.92 Å². The molecule has 0 aliphatic carbocycles. The van der Waals surface area contributed by atoms with E-state index in [-0.39, 0.29) is 5.41 Å². The summed E-state index contributed by atoms with van der Waals surface area (Å²) < 4.78 is 0. The molecule has 0 aliphatic rings. The van der Waals surface area contributed by atoms with E-state index in [2.05, 4.69) is 20.8 Å². The second-order valence-electron chi connectivity index (χ2n) is 4.32. The molecule has 2 heteroatoms. The SMILES string of the molecule is Cc1c(Cl)ccc(O)c1C(C)(C)C. The Morgan fingerprint density at radius 2 is 1.77 bits per heavy atom. The van der Waals surface area contributed by atoms with Crippen LogP contribution in [0.5, 0.6) is 5.75 Å². The zero-order chi connectivity index (χ0) is 10.2. The Hall–Kier alpha value is -0.690. The van der Waals surface area contributed by atoms with Gasteiger partial charge in [-0.1, -0.05) is 32.4 Å². The van der Waals surface area contributed by atoms with Crippen LogP contribution in [0.1, 0.15) is 31.9 Å². The first-order chi connectivity index (χ1) is 5.84. The van der Waals surface area contributed by atoms with Gasteiger partial charge in [0.05, 0.1) is 0 Å². The summed E-state index contributed by atoms with van der Waals surface area (Å²) in [7, 11) is 0. The molecule has 0 amide bonds. The first-order valence-corrected chi connectivity index (χ1v) is 4.70. The lowest BCUT2D eigenvalue weighted by Gasteiger charge is -2.23. The van der Waals surface area contributed by atoms with Gasteiger partial charge in [0.25, 0.3) is 0 Å². The lowest BCUT2D eigenvalue weighted by molar-refractivity contribution is 0.445. The fourth-order valence-corrected chi connectivity index (χ4v) is 1.78. The number of rotatable bonds is 0. The molecule has 1 nitrogen and oxygen atoms in total. The van der Waals surface area contributed by atoms with Crippen molar-refractivity contribution in [3.05, 3.63) is 28.3 Å². The Morgan fingerprint density at radius 3 is 2.15 bits per heavy atom. The molecule has 0 unspecified atom stereocenters. The van der Waals surface area contributed by atoms with Gasteiger partial charge in [0.15, 0.2) is 0 Å². The van der Waals surface area contributed by atoms with E-state index >= 15 is 0 Å². The average molecular weight is 199 g/mol. The summed E-state index contributed by atoms with van der Waals surface area (Å²) in [6, 6.07) is 3.37. The van der Waals surface area contributed by atoms with Gasteiger partial charge in [-0.2, -0.15) is 0 Å². The molecule has 0 fully saturated rings. The molecule has 1 rings (SSSR count). The minimum Gasteiger partial charge on any atom is -0.508 e. The second-order valence-corrected chi connectivity index (χ2v) is 4.72.